The summed E-state index contributed by atoms with van der Waals surface area (Å²) in [7, 11) is 1.50. The number of rotatable bonds is 3. The molecule has 18 heavy (non-hydrogen) atoms. The van der Waals surface area contributed by atoms with E-state index in [-0.39, 0.29) is 5.95 Å². The van der Waals surface area contributed by atoms with Crippen LogP contribution in [0.15, 0.2) is 17.2 Å². The van der Waals surface area contributed by atoms with Gasteiger partial charge >= 0.3 is 0 Å². The van der Waals surface area contributed by atoms with E-state index in [1.807, 2.05) is 0 Å². The Labute approximate surface area is 112 Å². The zero-order chi connectivity index (χ0) is 13.1. The SMILES string of the molecule is COc1c(Cl)cc(Cl)cc1/C=N\n1nnnc1N. The average Bonchev–Trinajstić information content (AvgIpc) is 2.71. The van der Waals surface area contributed by atoms with Gasteiger partial charge in [-0.25, -0.2) is 0 Å². The Morgan fingerprint density at radius 3 is 2.83 bits per heavy atom. The van der Waals surface area contributed by atoms with E-state index in [0.29, 0.717) is 21.4 Å². The number of tetrazole rings is 1. The van der Waals surface area contributed by atoms with Crippen molar-refractivity contribution >= 4 is 35.4 Å². The molecule has 0 saturated carbocycles. The van der Waals surface area contributed by atoms with Crippen molar-refractivity contribution in [3.63, 3.8) is 0 Å². The third-order valence-electron chi connectivity index (χ3n) is 2.02. The Hall–Kier alpha value is -1.86. The number of nitrogen functional groups attached to an aromatic ring is 1. The summed E-state index contributed by atoms with van der Waals surface area (Å²) in [5.41, 5.74) is 6.05. The number of ether oxygens (including phenoxy) is 1. The van der Waals surface area contributed by atoms with Gasteiger partial charge < -0.3 is 10.5 Å². The molecule has 0 atom stereocenters. The van der Waals surface area contributed by atoms with Crippen LogP contribution in [-0.2, 0) is 0 Å². The maximum absolute atomic E-state index is 5.98. The lowest BCUT2D eigenvalue weighted by Crippen LogP contribution is -2.00. The lowest BCUT2D eigenvalue weighted by molar-refractivity contribution is 0.414. The van der Waals surface area contributed by atoms with E-state index in [4.69, 9.17) is 33.7 Å². The van der Waals surface area contributed by atoms with E-state index in [0.717, 1.165) is 4.79 Å². The summed E-state index contributed by atoms with van der Waals surface area (Å²) < 4.78 is 5.16. The molecular formula is C9H8Cl2N6O. The molecule has 2 N–H and O–H groups in total. The number of benzene rings is 1. The fraction of sp³-hybridized carbons (Fsp3) is 0.111. The summed E-state index contributed by atoms with van der Waals surface area (Å²) in [6.07, 6.45) is 1.45. The molecule has 9 heteroatoms. The minimum Gasteiger partial charge on any atom is -0.495 e. The van der Waals surface area contributed by atoms with Crippen molar-refractivity contribution in [1.29, 1.82) is 0 Å². The van der Waals surface area contributed by atoms with Crippen LogP contribution in [0.5, 0.6) is 5.75 Å². The van der Waals surface area contributed by atoms with E-state index in [1.54, 1.807) is 12.1 Å². The van der Waals surface area contributed by atoms with Gasteiger partial charge in [0.15, 0.2) is 0 Å². The van der Waals surface area contributed by atoms with Crippen molar-refractivity contribution in [3.05, 3.63) is 27.7 Å². The zero-order valence-corrected chi connectivity index (χ0v) is 10.7. The zero-order valence-electron chi connectivity index (χ0n) is 9.21. The molecule has 1 heterocycles. The van der Waals surface area contributed by atoms with Gasteiger partial charge in [-0.2, -0.15) is 5.10 Å². The number of halogens is 2. The summed E-state index contributed by atoms with van der Waals surface area (Å²) in [5, 5.41) is 15.2. The molecule has 1 aromatic heterocycles. The van der Waals surface area contributed by atoms with Gasteiger partial charge in [-0.05, 0) is 22.6 Å². The summed E-state index contributed by atoms with van der Waals surface area (Å²) in [5.74, 6) is 0.523. The molecule has 0 radical (unpaired) electrons. The molecule has 0 saturated heterocycles. The number of anilines is 1. The number of aromatic nitrogens is 4. The molecule has 0 unspecified atom stereocenters. The molecule has 2 rings (SSSR count). The maximum Gasteiger partial charge on any atom is 0.263 e. The molecular weight excluding hydrogens is 279 g/mol. The molecule has 0 spiro atoms. The number of nitrogens with two attached hydrogens (primary N) is 1. The summed E-state index contributed by atoms with van der Waals surface area (Å²) in [4.78, 5) is 1.06. The summed E-state index contributed by atoms with van der Waals surface area (Å²) >= 11 is 11.9. The second kappa shape index (κ2) is 5.19. The molecule has 0 fully saturated rings. The highest BCUT2D eigenvalue weighted by Crippen LogP contribution is 2.31. The first-order chi connectivity index (χ1) is 8.61. The van der Waals surface area contributed by atoms with Gasteiger partial charge in [-0.3, -0.25) is 0 Å². The van der Waals surface area contributed by atoms with Crippen molar-refractivity contribution in [2.75, 3.05) is 12.8 Å². The van der Waals surface area contributed by atoms with Crippen LogP contribution in [0.3, 0.4) is 0 Å². The Bertz CT molecular complexity index is 597. The van der Waals surface area contributed by atoms with Crippen LogP contribution >= 0.6 is 23.2 Å². The topological polar surface area (TPSA) is 91.2 Å². The summed E-state index contributed by atoms with van der Waals surface area (Å²) in [6.45, 7) is 0. The van der Waals surface area contributed by atoms with E-state index in [1.165, 1.54) is 13.3 Å². The van der Waals surface area contributed by atoms with Crippen LogP contribution in [0.4, 0.5) is 5.95 Å². The number of nitrogens with zero attached hydrogens (tertiary/aromatic N) is 5. The van der Waals surface area contributed by atoms with Crippen LogP contribution in [0.25, 0.3) is 0 Å². The standard InChI is InChI=1S/C9H8Cl2N6O/c1-18-8-5(2-6(10)3-7(8)11)4-13-17-9(12)14-15-16-17/h2-4H,1H3,(H2,12,14,16)/b13-4-. The Kier molecular flexibility index (Phi) is 3.63. The van der Waals surface area contributed by atoms with Crippen LogP contribution in [-0.4, -0.2) is 33.6 Å². The van der Waals surface area contributed by atoms with Gasteiger partial charge in [0.2, 0.25) is 0 Å². The van der Waals surface area contributed by atoms with Gasteiger partial charge in [0.05, 0.1) is 18.3 Å². The Morgan fingerprint density at radius 1 is 1.44 bits per heavy atom. The van der Waals surface area contributed by atoms with E-state index < -0.39 is 0 Å². The molecule has 0 aliphatic heterocycles. The predicted molar refractivity (Wildman–Crippen MR) is 68.2 cm³/mol. The van der Waals surface area contributed by atoms with Gasteiger partial charge in [0.25, 0.3) is 5.95 Å². The Balaban J connectivity index is 2.40. The number of methoxy groups -OCH3 is 1. The Morgan fingerprint density at radius 2 is 2.22 bits per heavy atom. The fourth-order valence-corrected chi connectivity index (χ4v) is 1.87. The quantitative estimate of drug-likeness (QED) is 0.863. The minimum atomic E-state index is 0.0679. The smallest absolute Gasteiger partial charge is 0.263 e. The monoisotopic (exact) mass is 286 g/mol. The molecule has 0 aliphatic carbocycles. The van der Waals surface area contributed by atoms with Crippen LogP contribution in [0.1, 0.15) is 5.56 Å². The second-order valence-corrected chi connectivity index (χ2v) is 4.02. The van der Waals surface area contributed by atoms with E-state index in [9.17, 15) is 0 Å². The van der Waals surface area contributed by atoms with Crippen molar-refractivity contribution < 1.29 is 4.74 Å². The first-order valence-electron chi connectivity index (χ1n) is 4.73. The first kappa shape index (κ1) is 12.6. The van der Waals surface area contributed by atoms with Crippen molar-refractivity contribution in [2.45, 2.75) is 0 Å². The first-order valence-corrected chi connectivity index (χ1v) is 5.48. The maximum atomic E-state index is 5.98. The second-order valence-electron chi connectivity index (χ2n) is 3.18. The van der Waals surface area contributed by atoms with E-state index >= 15 is 0 Å². The van der Waals surface area contributed by atoms with Crippen LogP contribution in [0.2, 0.25) is 10.0 Å². The van der Waals surface area contributed by atoms with Gasteiger partial charge in [-0.1, -0.05) is 33.1 Å². The van der Waals surface area contributed by atoms with E-state index in [2.05, 4.69) is 20.6 Å². The van der Waals surface area contributed by atoms with Crippen LogP contribution in [0, 0.1) is 0 Å². The highest BCUT2D eigenvalue weighted by atomic mass is 35.5. The van der Waals surface area contributed by atoms with Crippen molar-refractivity contribution in [1.82, 2.24) is 20.3 Å². The van der Waals surface area contributed by atoms with Gasteiger partial charge in [0, 0.05) is 10.6 Å². The largest absolute Gasteiger partial charge is 0.495 e. The van der Waals surface area contributed by atoms with Crippen LogP contribution < -0.4 is 10.5 Å². The normalized spacial score (nSPS) is 11.1. The molecule has 2 aromatic rings. The molecule has 7 nitrogen and oxygen atoms in total. The average molecular weight is 287 g/mol. The van der Waals surface area contributed by atoms with Crippen molar-refractivity contribution in [3.8, 4) is 5.75 Å². The van der Waals surface area contributed by atoms with Crippen molar-refractivity contribution in [2.24, 2.45) is 5.10 Å². The fourth-order valence-electron chi connectivity index (χ4n) is 1.28. The highest BCUT2D eigenvalue weighted by molar-refractivity contribution is 6.36. The number of hydrogen-bond acceptors (Lipinski definition) is 6. The van der Waals surface area contributed by atoms with Gasteiger partial charge in [0.1, 0.15) is 5.75 Å². The highest BCUT2D eigenvalue weighted by Gasteiger charge is 2.08. The molecule has 0 aliphatic rings. The summed E-state index contributed by atoms with van der Waals surface area (Å²) in [6, 6.07) is 3.22. The van der Waals surface area contributed by atoms with Gasteiger partial charge in [-0.15, -0.1) is 0 Å². The predicted octanol–water partition coefficient (Wildman–Crippen LogP) is 1.45. The molecule has 0 amide bonds. The number of hydrogen-bond donors (Lipinski definition) is 1. The molecule has 1 aromatic carbocycles. The minimum absolute atomic E-state index is 0.0679. The lowest BCUT2D eigenvalue weighted by Gasteiger charge is -2.07. The molecule has 0 bridgehead atoms. The third kappa shape index (κ3) is 2.52. The lowest BCUT2D eigenvalue weighted by atomic mass is 10.2. The third-order valence-corrected chi connectivity index (χ3v) is 2.52. The molecule has 94 valence electrons.